The second-order valence-corrected chi connectivity index (χ2v) is 9.04. The summed E-state index contributed by atoms with van der Waals surface area (Å²) in [5.41, 5.74) is 1.13. The number of fused-ring (bicyclic) bond motifs is 1. The minimum absolute atomic E-state index is 0.182. The Labute approximate surface area is 164 Å². The third-order valence-electron chi connectivity index (χ3n) is 4.33. The van der Waals surface area contributed by atoms with Gasteiger partial charge in [-0.1, -0.05) is 11.8 Å². The number of hydrogen-bond donors (Lipinski definition) is 0. The molecule has 0 atom stereocenters. The van der Waals surface area contributed by atoms with Gasteiger partial charge in [0, 0.05) is 43.5 Å². The molecular weight excluding hydrogens is 386 g/mol. The Morgan fingerprint density at radius 3 is 2.85 bits per heavy atom. The predicted molar refractivity (Wildman–Crippen MR) is 107 cm³/mol. The highest BCUT2D eigenvalue weighted by atomic mass is 32.2. The lowest BCUT2D eigenvalue weighted by Gasteiger charge is -2.34. The first-order valence-electron chi connectivity index (χ1n) is 8.41. The molecule has 136 valence electrons. The Bertz CT molecular complexity index is 901. The molecule has 3 aromatic heterocycles. The van der Waals surface area contributed by atoms with Gasteiger partial charge in [0.05, 0.1) is 16.5 Å². The maximum absolute atomic E-state index is 12.5. The van der Waals surface area contributed by atoms with Crippen LogP contribution >= 0.6 is 34.4 Å². The number of hydrogen-bond acceptors (Lipinski definition) is 8. The molecule has 1 saturated heterocycles. The van der Waals surface area contributed by atoms with E-state index < -0.39 is 0 Å². The molecule has 1 aliphatic heterocycles. The average Bonchev–Trinajstić information content (AvgIpc) is 3.29. The molecule has 0 spiro atoms. The molecule has 6 nitrogen and oxygen atoms in total. The molecule has 0 unspecified atom stereocenters. The molecule has 0 aromatic carbocycles. The quantitative estimate of drug-likeness (QED) is 0.480. The summed E-state index contributed by atoms with van der Waals surface area (Å²) in [6.07, 6.45) is 1.57. The minimum Gasteiger partial charge on any atom is -0.339 e. The third-order valence-corrected chi connectivity index (χ3v) is 6.97. The van der Waals surface area contributed by atoms with Crippen molar-refractivity contribution >= 4 is 50.6 Å². The number of carbonyl (C=O) groups excluding carboxylic acids is 1. The summed E-state index contributed by atoms with van der Waals surface area (Å²) < 4.78 is 0. The van der Waals surface area contributed by atoms with Crippen LogP contribution in [0.1, 0.15) is 10.7 Å². The van der Waals surface area contributed by atoms with Crippen LogP contribution in [0.3, 0.4) is 0 Å². The highest BCUT2D eigenvalue weighted by Gasteiger charge is 2.22. The van der Waals surface area contributed by atoms with E-state index in [9.17, 15) is 4.79 Å². The first-order valence-corrected chi connectivity index (χ1v) is 11.2. The number of aromatic nitrogens is 3. The lowest BCUT2D eigenvalue weighted by molar-refractivity contribution is -0.130. The van der Waals surface area contributed by atoms with E-state index in [2.05, 4.69) is 25.2 Å². The van der Waals surface area contributed by atoms with Crippen molar-refractivity contribution in [3.8, 4) is 0 Å². The molecule has 1 aliphatic rings. The summed E-state index contributed by atoms with van der Waals surface area (Å²) in [5.74, 6) is 0.605. The molecule has 26 heavy (non-hydrogen) atoms. The van der Waals surface area contributed by atoms with Gasteiger partial charge in [0.2, 0.25) is 5.91 Å². The standard InChI is InChI=1S/C17H19N5OS3/c1-12-20-13(9-25-12)8-21-3-5-22(6-4-21)15(23)10-26-17-14-2-7-24-16(14)18-11-19-17/h2,7,9,11H,3-6,8,10H2,1H3. The lowest BCUT2D eigenvalue weighted by Crippen LogP contribution is -2.48. The monoisotopic (exact) mass is 405 g/mol. The van der Waals surface area contributed by atoms with Crippen LogP contribution in [0.4, 0.5) is 0 Å². The van der Waals surface area contributed by atoms with Gasteiger partial charge >= 0.3 is 0 Å². The molecule has 0 radical (unpaired) electrons. The van der Waals surface area contributed by atoms with E-state index in [1.807, 2.05) is 23.3 Å². The lowest BCUT2D eigenvalue weighted by atomic mass is 10.3. The summed E-state index contributed by atoms with van der Waals surface area (Å²) in [7, 11) is 0. The topological polar surface area (TPSA) is 62.2 Å². The number of thiazole rings is 1. The fourth-order valence-corrected chi connectivity index (χ4v) is 5.25. The molecule has 0 N–H and O–H groups in total. The van der Waals surface area contributed by atoms with Crippen molar-refractivity contribution in [2.75, 3.05) is 31.9 Å². The fraction of sp³-hybridized carbons (Fsp3) is 0.412. The van der Waals surface area contributed by atoms with Gasteiger partial charge in [-0.2, -0.15) is 0 Å². The Morgan fingerprint density at radius 2 is 2.08 bits per heavy atom. The van der Waals surface area contributed by atoms with E-state index in [4.69, 9.17) is 0 Å². The molecule has 3 aromatic rings. The van der Waals surface area contributed by atoms with Crippen LogP contribution < -0.4 is 0 Å². The average molecular weight is 406 g/mol. The smallest absolute Gasteiger partial charge is 0.233 e. The normalized spacial score (nSPS) is 15.7. The number of amides is 1. The van der Waals surface area contributed by atoms with Crippen molar-refractivity contribution < 1.29 is 4.79 Å². The Kier molecular flexibility index (Phi) is 5.49. The Morgan fingerprint density at radius 1 is 1.23 bits per heavy atom. The van der Waals surface area contributed by atoms with E-state index in [0.29, 0.717) is 5.75 Å². The van der Waals surface area contributed by atoms with Crippen molar-refractivity contribution in [2.24, 2.45) is 0 Å². The van der Waals surface area contributed by atoms with Gasteiger partial charge in [-0.05, 0) is 18.4 Å². The zero-order valence-corrected chi connectivity index (χ0v) is 16.9. The van der Waals surface area contributed by atoms with E-state index in [-0.39, 0.29) is 5.91 Å². The van der Waals surface area contributed by atoms with Gasteiger partial charge < -0.3 is 4.90 Å². The van der Waals surface area contributed by atoms with Crippen LogP contribution in [-0.2, 0) is 11.3 Å². The molecule has 0 bridgehead atoms. The number of aryl methyl sites for hydroxylation is 1. The molecule has 1 fully saturated rings. The van der Waals surface area contributed by atoms with Crippen LogP contribution in [0.2, 0.25) is 0 Å². The number of thiophene rings is 1. The summed E-state index contributed by atoms with van der Waals surface area (Å²) in [4.78, 5) is 31.0. The highest BCUT2D eigenvalue weighted by molar-refractivity contribution is 8.00. The van der Waals surface area contributed by atoms with Gasteiger partial charge in [-0.25, -0.2) is 15.0 Å². The Balaban J connectivity index is 1.28. The maximum atomic E-state index is 12.5. The largest absolute Gasteiger partial charge is 0.339 e. The first-order chi connectivity index (χ1) is 12.7. The summed E-state index contributed by atoms with van der Waals surface area (Å²) in [5, 5.41) is 7.17. The fourth-order valence-electron chi connectivity index (χ4n) is 2.97. The first kappa shape index (κ1) is 17.8. The SMILES string of the molecule is Cc1nc(CN2CCN(C(=O)CSc3ncnc4sccc34)CC2)cs1. The molecule has 9 heteroatoms. The number of nitrogens with zero attached hydrogens (tertiary/aromatic N) is 5. The molecule has 0 aliphatic carbocycles. The van der Waals surface area contributed by atoms with Crippen LogP contribution in [0, 0.1) is 6.92 Å². The van der Waals surface area contributed by atoms with Gasteiger partial charge in [-0.15, -0.1) is 22.7 Å². The summed E-state index contributed by atoms with van der Waals surface area (Å²) in [6.45, 7) is 6.26. The minimum atomic E-state index is 0.182. The maximum Gasteiger partial charge on any atom is 0.233 e. The number of piperazine rings is 1. The zero-order valence-electron chi connectivity index (χ0n) is 14.4. The number of rotatable bonds is 5. The molecule has 0 saturated carbocycles. The van der Waals surface area contributed by atoms with Crippen molar-refractivity contribution in [3.63, 3.8) is 0 Å². The highest BCUT2D eigenvalue weighted by Crippen LogP contribution is 2.27. The number of carbonyl (C=O) groups is 1. The van der Waals surface area contributed by atoms with Crippen LogP contribution in [0.5, 0.6) is 0 Å². The van der Waals surface area contributed by atoms with Crippen LogP contribution in [-0.4, -0.2) is 62.6 Å². The summed E-state index contributed by atoms with van der Waals surface area (Å²) in [6, 6.07) is 2.02. The molecule has 4 heterocycles. The van der Waals surface area contributed by atoms with E-state index >= 15 is 0 Å². The predicted octanol–water partition coefficient (Wildman–Crippen LogP) is 2.89. The van der Waals surface area contributed by atoms with Gasteiger partial charge in [0.1, 0.15) is 16.2 Å². The van der Waals surface area contributed by atoms with E-state index in [1.165, 1.54) is 11.8 Å². The van der Waals surface area contributed by atoms with E-state index in [1.54, 1.807) is 29.0 Å². The summed E-state index contributed by atoms with van der Waals surface area (Å²) >= 11 is 4.79. The van der Waals surface area contributed by atoms with Crippen molar-refractivity contribution in [1.29, 1.82) is 0 Å². The van der Waals surface area contributed by atoms with Crippen LogP contribution in [0.15, 0.2) is 28.2 Å². The van der Waals surface area contributed by atoms with Crippen LogP contribution in [0.25, 0.3) is 10.2 Å². The van der Waals surface area contributed by atoms with Gasteiger partial charge in [0.25, 0.3) is 0 Å². The Hall–Kier alpha value is -1.55. The zero-order chi connectivity index (χ0) is 17.9. The molecule has 1 amide bonds. The second kappa shape index (κ2) is 7.99. The van der Waals surface area contributed by atoms with Gasteiger partial charge in [0.15, 0.2) is 0 Å². The second-order valence-electron chi connectivity index (χ2n) is 6.12. The van der Waals surface area contributed by atoms with Crippen molar-refractivity contribution in [2.45, 2.75) is 18.5 Å². The molecular formula is C17H19N5OS3. The van der Waals surface area contributed by atoms with Crippen molar-refractivity contribution in [1.82, 2.24) is 24.8 Å². The van der Waals surface area contributed by atoms with E-state index in [0.717, 1.165) is 58.7 Å². The van der Waals surface area contributed by atoms with Gasteiger partial charge in [-0.3, -0.25) is 9.69 Å². The third kappa shape index (κ3) is 4.06. The van der Waals surface area contributed by atoms with Crippen molar-refractivity contribution in [3.05, 3.63) is 33.9 Å². The molecule has 4 rings (SSSR count). The number of thioether (sulfide) groups is 1.